The fourth-order valence-electron chi connectivity index (χ4n) is 4.42. The lowest BCUT2D eigenvalue weighted by Gasteiger charge is -2.36. The minimum atomic E-state index is -3.89. The largest absolute Gasteiger partial charge is 0.456 e. The van der Waals surface area contributed by atoms with Crippen LogP contribution in [0.1, 0.15) is 41.7 Å². The summed E-state index contributed by atoms with van der Waals surface area (Å²) in [4.78, 5) is 0.214. The first kappa shape index (κ1) is 18.4. The van der Waals surface area contributed by atoms with Gasteiger partial charge in [-0.05, 0) is 48.6 Å². The van der Waals surface area contributed by atoms with Gasteiger partial charge in [-0.3, -0.25) is 0 Å². The molecule has 2 aliphatic rings. The van der Waals surface area contributed by atoms with Gasteiger partial charge in [-0.15, -0.1) is 0 Å². The van der Waals surface area contributed by atoms with Gasteiger partial charge in [-0.2, -0.15) is 8.42 Å². The smallest absolute Gasteiger partial charge is 0.298 e. The molecule has 1 atom stereocenters. The van der Waals surface area contributed by atoms with Gasteiger partial charge in [0.25, 0.3) is 10.1 Å². The predicted octanol–water partition coefficient (Wildman–Crippen LogP) is 5.31. The standard InChI is InChI=1S/C24H22O4S/c1-15(2)12-17-9-11-19-22(14-17)27-21-13-16(3)8-10-18(21)24(19)20-6-4-5-7-23(20)29(25,26)28-24/h4-11,13-15H,12H2,1-3H3. The summed E-state index contributed by atoms with van der Waals surface area (Å²) >= 11 is 0. The van der Waals surface area contributed by atoms with Crippen LogP contribution in [0.2, 0.25) is 0 Å². The lowest BCUT2D eigenvalue weighted by atomic mass is 9.77. The van der Waals surface area contributed by atoms with Crippen LogP contribution in [0.5, 0.6) is 11.5 Å². The maximum atomic E-state index is 13.0. The lowest BCUT2D eigenvalue weighted by Crippen LogP contribution is -2.33. The highest BCUT2D eigenvalue weighted by atomic mass is 32.2. The molecule has 1 spiro atoms. The molecule has 0 amide bonds. The molecule has 2 aliphatic heterocycles. The first-order valence-corrected chi connectivity index (χ1v) is 11.2. The van der Waals surface area contributed by atoms with Crippen molar-refractivity contribution in [1.82, 2.24) is 0 Å². The number of aryl methyl sites for hydroxylation is 1. The molecule has 3 aromatic carbocycles. The molecule has 0 N–H and O–H groups in total. The molecule has 0 aromatic heterocycles. The Morgan fingerprint density at radius 1 is 0.897 bits per heavy atom. The summed E-state index contributed by atoms with van der Waals surface area (Å²) < 4.78 is 38.2. The van der Waals surface area contributed by atoms with E-state index < -0.39 is 15.7 Å². The Balaban J connectivity index is 1.84. The SMILES string of the molecule is Cc1ccc2c(c1)Oc1cc(CC(C)C)ccc1C21OS(=O)(=O)c2ccccc21. The highest BCUT2D eigenvalue weighted by Crippen LogP contribution is 2.58. The molecule has 1 unspecified atom stereocenters. The van der Waals surface area contributed by atoms with Crippen molar-refractivity contribution in [3.8, 4) is 11.5 Å². The molecular formula is C24H22O4S. The van der Waals surface area contributed by atoms with E-state index in [-0.39, 0.29) is 4.90 Å². The number of ether oxygens (including phenoxy) is 1. The molecule has 4 nitrogen and oxygen atoms in total. The van der Waals surface area contributed by atoms with E-state index in [1.807, 2.05) is 55.5 Å². The zero-order valence-corrected chi connectivity index (χ0v) is 17.4. The summed E-state index contributed by atoms with van der Waals surface area (Å²) in [7, 11) is -3.89. The van der Waals surface area contributed by atoms with Gasteiger partial charge in [0.15, 0.2) is 5.60 Å². The van der Waals surface area contributed by atoms with Crippen molar-refractivity contribution in [1.29, 1.82) is 0 Å². The first-order valence-electron chi connectivity index (χ1n) is 9.79. The van der Waals surface area contributed by atoms with Crippen molar-refractivity contribution in [2.24, 2.45) is 5.92 Å². The number of hydrogen-bond donors (Lipinski definition) is 0. The average molecular weight is 407 g/mol. The van der Waals surface area contributed by atoms with Gasteiger partial charge in [-0.25, -0.2) is 4.18 Å². The van der Waals surface area contributed by atoms with Gasteiger partial charge in [0.1, 0.15) is 16.4 Å². The Bertz CT molecular complexity index is 1240. The fraction of sp³-hybridized carbons (Fsp3) is 0.250. The normalized spacial score (nSPS) is 20.8. The number of rotatable bonds is 2. The van der Waals surface area contributed by atoms with E-state index in [2.05, 4.69) is 13.8 Å². The van der Waals surface area contributed by atoms with Crippen molar-refractivity contribution in [2.45, 2.75) is 37.7 Å². The van der Waals surface area contributed by atoms with Crippen molar-refractivity contribution in [3.05, 3.63) is 88.5 Å². The maximum absolute atomic E-state index is 13.0. The van der Waals surface area contributed by atoms with Crippen LogP contribution in [0.4, 0.5) is 0 Å². The van der Waals surface area contributed by atoms with Crippen LogP contribution in [-0.2, 0) is 26.3 Å². The first-order chi connectivity index (χ1) is 13.8. The minimum Gasteiger partial charge on any atom is -0.456 e. The van der Waals surface area contributed by atoms with Crippen LogP contribution in [0, 0.1) is 12.8 Å². The van der Waals surface area contributed by atoms with Crippen LogP contribution >= 0.6 is 0 Å². The zero-order valence-electron chi connectivity index (χ0n) is 16.6. The summed E-state index contributed by atoms with van der Waals surface area (Å²) in [5.74, 6) is 1.78. The van der Waals surface area contributed by atoms with Crippen LogP contribution in [0.15, 0.2) is 65.6 Å². The van der Waals surface area contributed by atoms with E-state index >= 15 is 0 Å². The quantitative estimate of drug-likeness (QED) is 0.541. The predicted molar refractivity (Wildman–Crippen MR) is 111 cm³/mol. The van der Waals surface area contributed by atoms with Gasteiger partial charge in [0, 0.05) is 16.7 Å². The van der Waals surface area contributed by atoms with Crippen molar-refractivity contribution in [2.75, 3.05) is 0 Å². The van der Waals surface area contributed by atoms with Crippen molar-refractivity contribution in [3.63, 3.8) is 0 Å². The van der Waals surface area contributed by atoms with Crippen molar-refractivity contribution >= 4 is 10.1 Å². The van der Waals surface area contributed by atoms with E-state index in [0.29, 0.717) is 28.5 Å². The monoisotopic (exact) mass is 406 g/mol. The number of fused-ring (bicyclic) bond motifs is 6. The average Bonchev–Trinajstić information content (AvgIpc) is 2.89. The minimum absolute atomic E-state index is 0.214. The summed E-state index contributed by atoms with van der Waals surface area (Å²) in [6, 6.07) is 18.8. The summed E-state index contributed by atoms with van der Waals surface area (Å²) in [6.07, 6.45) is 0.917. The Labute approximate surface area is 171 Å². The van der Waals surface area contributed by atoms with Crippen molar-refractivity contribution < 1.29 is 17.3 Å². The molecule has 0 fully saturated rings. The molecule has 29 heavy (non-hydrogen) atoms. The third-order valence-corrected chi connectivity index (χ3v) is 6.94. The van der Waals surface area contributed by atoms with Gasteiger partial charge >= 0.3 is 0 Å². The highest BCUT2D eigenvalue weighted by Gasteiger charge is 2.55. The lowest BCUT2D eigenvalue weighted by molar-refractivity contribution is 0.164. The Hall–Kier alpha value is -2.63. The molecule has 0 aliphatic carbocycles. The Morgan fingerprint density at radius 3 is 2.34 bits per heavy atom. The van der Waals surface area contributed by atoms with Gasteiger partial charge in [-0.1, -0.05) is 56.3 Å². The van der Waals surface area contributed by atoms with E-state index in [9.17, 15) is 8.42 Å². The Kier molecular flexibility index (Phi) is 3.92. The van der Waals surface area contributed by atoms with E-state index in [1.165, 1.54) is 0 Å². The molecule has 5 heteroatoms. The molecule has 0 radical (unpaired) electrons. The highest BCUT2D eigenvalue weighted by molar-refractivity contribution is 7.87. The van der Waals surface area contributed by atoms with Crippen LogP contribution < -0.4 is 4.74 Å². The summed E-state index contributed by atoms with van der Waals surface area (Å²) in [5, 5.41) is 0. The molecular weight excluding hydrogens is 384 g/mol. The molecule has 5 rings (SSSR count). The van der Waals surface area contributed by atoms with E-state index in [1.54, 1.807) is 12.1 Å². The third kappa shape index (κ3) is 2.65. The fourth-order valence-corrected chi connectivity index (χ4v) is 5.83. The van der Waals surface area contributed by atoms with Gasteiger partial charge in [0.05, 0.1) is 0 Å². The topological polar surface area (TPSA) is 52.6 Å². The second-order valence-corrected chi connectivity index (χ2v) is 9.76. The maximum Gasteiger partial charge on any atom is 0.298 e. The van der Waals surface area contributed by atoms with Crippen LogP contribution in [0.3, 0.4) is 0 Å². The molecule has 3 aromatic rings. The number of benzene rings is 3. The second kappa shape index (κ2) is 6.18. The van der Waals surface area contributed by atoms with Gasteiger partial charge < -0.3 is 4.74 Å². The molecule has 0 bridgehead atoms. The second-order valence-electron chi connectivity index (χ2n) is 8.24. The Morgan fingerprint density at radius 2 is 1.59 bits per heavy atom. The molecule has 2 heterocycles. The van der Waals surface area contributed by atoms with Crippen LogP contribution in [-0.4, -0.2) is 8.42 Å². The van der Waals surface area contributed by atoms with Crippen LogP contribution in [0.25, 0.3) is 0 Å². The van der Waals surface area contributed by atoms with E-state index in [4.69, 9.17) is 8.92 Å². The summed E-state index contributed by atoms with van der Waals surface area (Å²) in [5.41, 5.74) is 3.01. The van der Waals surface area contributed by atoms with Gasteiger partial charge in [0.2, 0.25) is 0 Å². The molecule has 0 saturated carbocycles. The number of hydrogen-bond acceptors (Lipinski definition) is 4. The summed E-state index contributed by atoms with van der Waals surface area (Å²) in [6.45, 7) is 6.33. The zero-order chi connectivity index (χ0) is 20.4. The molecule has 148 valence electrons. The molecule has 0 saturated heterocycles. The third-order valence-electron chi connectivity index (χ3n) is 5.58. The van der Waals surface area contributed by atoms with E-state index in [0.717, 1.165) is 23.1 Å².